The molecule has 2 N–H and O–H groups in total. The van der Waals surface area contributed by atoms with Gasteiger partial charge in [0, 0.05) is 17.6 Å². The van der Waals surface area contributed by atoms with Gasteiger partial charge < -0.3 is 4.74 Å². The van der Waals surface area contributed by atoms with Crippen molar-refractivity contribution in [1.82, 2.24) is 20.6 Å². The van der Waals surface area contributed by atoms with Gasteiger partial charge in [0.05, 0.1) is 11.9 Å². The van der Waals surface area contributed by atoms with Gasteiger partial charge in [0.2, 0.25) is 5.91 Å². The molecule has 31 heavy (non-hydrogen) atoms. The maximum atomic E-state index is 12.3. The number of ether oxygens (including phenoxy) is 1. The normalized spacial score (nSPS) is 11.6. The quantitative estimate of drug-likeness (QED) is 0.549. The number of nitrogens with one attached hydrogen (secondary N) is 2. The van der Waals surface area contributed by atoms with Crippen LogP contribution in [0.15, 0.2) is 54.9 Å². The van der Waals surface area contributed by atoms with Crippen molar-refractivity contribution in [3.05, 3.63) is 76.6 Å². The van der Waals surface area contributed by atoms with Gasteiger partial charge in [-0.05, 0) is 68.1 Å². The lowest BCUT2D eigenvalue weighted by Gasteiger charge is -2.18. The topological polar surface area (TPSA) is 85.2 Å². The number of halogens is 1. The summed E-state index contributed by atoms with van der Waals surface area (Å²) in [6.45, 7) is 5.34. The second kappa shape index (κ2) is 10.1. The van der Waals surface area contributed by atoms with E-state index in [9.17, 15) is 9.59 Å². The zero-order chi connectivity index (χ0) is 22.4. The maximum Gasteiger partial charge on any atom is 0.279 e. The zero-order valence-electron chi connectivity index (χ0n) is 17.7. The fraction of sp³-hybridized carbons (Fsp3) is 0.261. The van der Waals surface area contributed by atoms with Gasteiger partial charge in [-0.3, -0.25) is 20.4 Å². The Morgan fingerprint density at radius 1 is 1.13 bits per heavy atom. The van der Waals surface area contributed by atoms with Gasteiger partial charge in [-0.15, -0.1) is 0 Å². The second-order valence-corrected chi connectivity index (χ2v) is 7.73. The summed E-state index contributed by atoms with van der Waals surface area (Å²) in [4.78, 5) is 24.4. The maximum absolute atomic E-state index is 12.3. The number of amides is 2. The largest absolute Gasteiger partial charge is 0.480 e. The van der Waals surface area contributed by atoms with Gasteiger partial charge >= 0.3 is 0 Å². The SMILES string of the molecule is Cc1cc(Cl)cc(C)c1OC(C)C(=O)NNC(=O)CCc1cnn(-c2ccccc2)c1. The fourth-order valence-electron chi connectivity index (χ4n) is 3.08. The lowest BCUT2D eigenvalue weighted by molar-refractivity contribution is -0.132. The van der Waals surface area contributed by atoms with Crippen molar-refractivity contribution in [1.29, 1.82) is 0 Å². The van der Waals surface area contributed by atoms with Crippen LogP contribution in [0, 0.1) is 13.8 Å². The Morgan fingerprint density at radius 3 is 2.48 bits per heavy atom. The molecule has 3 rings (SSSR count). The first-order valence-electron chi connectivity index (χ1n) is 9.94. The zero-order valence-corrected chi connectivity index (χ0v) is 18.4. The smallest absolute Gasteiger partial charge is 0.279 e. The lowest BCUT2D eigenvalue weighted by atomic mass is 10.1. The number of hydrazine groups is 1. The molecule has 0 radical (unpaired) electrons. The van der Waals surface area contributed by atoms with E-state index in [1.165, 1.54) is 0 Å². The van der Waals surface area contributed by atoms with Gasteiger partial charge in [0.15, 0.2) is 6.10 Å². The molecule has 8 heteroatoms. The van der Waals surface area contributed by atoms with Gasteiger partial charge in [0.1, 0.15) is 5.75 Å². The molecule has 0 fully saturated rings. The molecule has 0 saturated carbocycles. The molecule has 3 aromatic rings. The molecule has 0 aliphatic heterocycles. The molecule has 0 spiro atoms. The molecular formula is C23H25ClN4O3. The van der Waals surface area contributed by atoms with E-state index in [-0.39, 0.29) is 12.3 Å². The monoisotopic (exact) mass is 440 g/mol. The Kier molecular flexibility index (Phi) is 7.31. The van der Waals surface area contributed by atoms with E-state index in [2.05, 4.69) is 16.0 Å². The third-order valence-corrected chi connectivity index (χ3v) is 4.93. The van der Waals surface area contributed by atoms with Crippen LogP contribution in [-0.2, 0) is 16.0 Å². The minimum absolute atomic E-state index is 0.214. The van der Waals surface area contributed by atoms with E-state index in [1.807, 2.05) is 50.4 Å². The van der Waals surface area contributed by atoms with Crippen LogP contribution in [0.2, 0.25) is 5.02 Å². The molecule has 2 amide bonds. The summed E-state index contributed by atoms with van der Waals surface area (Å²) in [5.41, 5.74) is 8.39. The molecule has 0 aliphatic rings. The van der Waals surface area contributed by atoms with Crippen molar-refractivity contribution >= 4 is 23.4 Å². The number of benzene rings is 2. The predicted molar refractivity (Wildman–Crippen MR) is 119 cm³/mol. The number of hydrogen-bond donors (Lipinski definition) is 2. The Balaban J connectivity index is 1.45. The average Bonchev–Trinajstić information content (AvgIpc) is 3.22. The van der Waals surface area contributed by atoms with Crippen LogP contribution in [0.25, 0.3) is 5.69 Å². The molecule has 0 saturated heterocycles. The molecule has 1 aromatic heterocycles. The Morgan fingerprint density at radius 2 is 1.81 bits per heavy atom. The van der Waals surface area contributed by atoms with Crippen molar-refractivity contribution in [3.63, 3.8) is 0 Å². The van der Waals surface area contributed by atoms with E-state index < -0.39 is 12.0 Å². The number of rotatable bonds is 7. The van der Waals surface area contributed by atoms with Crippen molar-refractivity contribution in [2.75, 3.05) is 0 Å². The summed E-state index contributed by atoms with van der Waals surface area (Å²) in [7, 11) is 0. The summed E-state index contributed by atoms with van der Waals surface area (Å²) in [5, 5.41) is 4.92. The minimum Gasteiger partial charge on any atom is -0.480 e. The van der Waals surface area contributed by atoms with Gasteiger partial charge in [-0.2, -0.15) is 5.10 Å². The number of aromatic nitrogens is 2. The first kappa shape index (κ1) is 22.4. The van der Waals surface area contributed by atoms with E-state index in [0.29, 0.717) is 17.2 Å². The van der Waals surface area contributed by atoms with Crippen LogP contribution in [0.3, 0.4) is 0 Å². The molecule has 162 valence electrons. The van der Waals surface area contributed by atoms with E-state index in [0.717, 1.165) is 22.4 Å². The van der Waals surface area contributed by atoms with Crippen LogP contribution in [-0.4, -0.2) is 27.7 Å². The van der Waals surface area contributed by atoms with Crippen LogP contribution in [0.5, 0.6) is 5.75 Å². The van der Waals surface area contributed by atoms with Gasteiger partial charge in [-0.25, -0.2) is 4.68 Å². The standard InChI is InChI=1S/C23H25ClN4O3/c1-15-11-19(24)12-16(2)22(15)31-17(3)23(30)27-26-21(29)10-9-18-13-25-28(14-18)20-7-5-4-6-8-20/h4-8,11-14,17H,9-10H2,1-3H3,(H,26,29)(H,27,30). The van der Waals surface area contributed by atoms with Crippen LogP contribution in [0.1, 0.15) is 30.0 Å². The Bertz CT molecular complexity index is 1040. The highest BCUT2D eigenvalue weighted by Crippen LogP contribution is 2.27. The summed E-state index contributed by atoms with van der Waals surface area (Å²) < 4.78 is 7.52. The van der Waals surface area contributed by atoms with Crippen LogP contribution >= 0.6 is 11.6 Å². The van der Waals surface area contributed by atoms with E-state index >= 15 is 0 Å². The Hall–Kier alpha value is -3.32. The lowest BCUT2D eigenvalue weighted by Crippen LogP contribution is -2.47. The minimum atomic E-state index is -0.789. The number of para-hydroxylation sites is 1. The highest BCUT2D eigenvalue weighted by atomic mass is 35.5. The summed E-state index contributed by atoms with van der Waals surface area (Å²) in [6, 6.07) is 13.3. The summed E-state index contributed by atoms with van der Waals surface area (Å²) >= 11 is 6.02. The fourth-order valence-corrected chi connectivity index (χ4v) is 3.41. The molecular weight excluding hydrogens is 416 g/mol. The molecule has 1 unspecified atom stereocenters. The van der Waals surface area contributed by atoms with Crippen LogP contribution < -0.4 is 15.6 Å². The number of aryl methyl sites for hydroxylation is 3. The number of carbonyl (C=O) groups excluding carboxylic acids is 2. The first-order valence-corrected chi connectivity index (χ1v) is 10.3. The number of carbonyl (C=O) groups is 2. The van der Waals surface area contributed by atoms with Gasteiger partial charge in [0.25, 0.3) is 5.91 Å². The average molecular weight is 441 g/mol. The van der Waals surface area contributed by atoms with Crippen molar-refractivity contribution < 1.29 is 14.3 Å². The van der Waals surface area contributed by atoms with Crippen LogP contribution in [0.4, 0.5) is 0 Å². The molecule has 2 aromatic carbocycles. The third kappa shape index (κ3) is 6.08. The van der Waals surface area contributed by atoms with Crippen molar-refractivity contribution in [2.24, 2.45) is 0 Å². The van der Waals surface area contributed by atoms with Crippen molar-refractivity contribution in [2.45, 2.75) is 39.7 Å². The predicted octanol–water partition coefficient (Wildman–Crippen LogP) is 3.69. The van der Waals surface area contributed by atoms with E-state index in [1.54, 1.807) is 29.9 Å². The first-order chi connectivity index (χ1) is 14.8. The van der Waals surface area contributed by atoms with E-state index in [4.69, 9.17) is 16.3 Å². The summed E-state index contributed by atoms with van der Waals surface area (Å²) in [5.74, 6) is -0.139. The molecule has 7 nitrogen and oxygen atoms in total. The molecule has 1 atom stereocenters. The molecule has 1 heterocycles. The third-order valence-electron chi connectivity index (χ3n) is 4.71. The number of hydrogen-bond acceptors (Lipinski definition) is 4. The molecule has 0 aliphatic carbocycles. The Labute approximate surface area is 186 Å². The molecule has 0 bridgehead atoms. The van der Waals surface area contributed by atoms with Crippen molar-refractivity contribution in [3.8, 4) is 11.4 Å². The highest BCUT2D eigenvalue weighted by molar-refractivity contribution is 6.30. The summed E-state index contributed by atoms with van der Waals surface area (Å²) in [6.07, 6.45) is 3.54. The highest BCUT2D eigenvalue weighted by Gasteiger charge is 2.18. The number of nitrogens with zero attached hydrogens (tertiary/aromatic N) is 2. The van der Waals surface area contributed by atoms with Gasteiger partial charge in [-0.1, -0.05) is 29.8 Å². The second-order valence-electron chi connectivity index (χ2n) is 7.29.